The topological polar surface area (TPSA) is 78.9 Å². The molecule has 0 aromatic carbocycles. The predicted molar refractivity (Wildman–Crippen MR) is 242 cm³/mol. The Balaban J connectivity index is 4.51. The van der Waals surface area contributed by atoms with E-state index in [2.05, 4.69) is 51.2 Å². The molecule has 0 fully saturated rings. The second-order valence-electron chi connectivity index (χ2n) is 15.1. The van der Waals surface area contributed by atoms with Gasteiger partial charge in [0.25, 0.3) is 0 Å². The van der Waals surface area contributed by atoms with E-state index in [0.29, 0.717) is 19.3 Å². The molecule has 1 atom stereocenters. The van der Waals surface area contributed by atoms with Crippen molar-refractivity contribution in [3.63, 3.8) is 0 Å². The summed E-state index contributed by atoms with van der Waals surface area (Å²) in [5.74, 6) is -1.02. The maximum Gasteiger partial charge on any atom is 0.306 e. The summed E-state index contributed by atoms with van der Waals surface area (Å²) >= 11 is 0. The van der Waals surface area contributed by atoms with E-state index in [1.165, 1.54) is 89.9 Å². The zero-order chi connectivity index (χ0) is 41.5. The van der Waals surface area contributed by atoms with E-state index >= 15 is 0 Å². The number of hydrogen-bond acceptors (Lipinski definition) is 6. The fourth-order valence-electron chi connectivity index (χ4n) is 6.04. The van der Waals surface area contributed by atoms with Crippen LogP contribution < -0.4 is 0 Å². The predicted octanol–water partition coefficient (Wildman–Crippen LogP) is 14.9. The van der Waals surface area contributed by atoms with Gasteiger partial charge in [-0.05, 0) is 51.4 Å². The van der Waals surface area contributed by atoms with E-state index in [0.717, 1.165) is 64.2 Å². The number of allylic oxidation sites excluding steroid dienone is 14. The number of unbranched alkanes of at least 4 members (excludes halogenated alkanes) is 20. The minimum Gasteiger partial charge on any atom is -0.462 e. The summed E-state index contributed by atoms with van der Waals surface area (Å²) in [5.41, 5.74) is 0. The lowest BCUT2D eigenvalue weighted by molar-refractivity contribution is -0.167. The van der Waals surface area contributed by atoms with E-state index in [1.54, 1.807) is 0 Å². The largest absolute Gasteiger partial charge is 0.462 e. The third kappa shape index (κ3) is 43.6. The molecular weight excluding hydrogens is 709 g/mol. The molecule has 0 rings (SSSR count). The summed E-state index contributed by atoms with van der Waals surface area (Å²) < 4.78 is 16.6. The summed E-state index contributed by atoms with van der Waals surface area (Å²) in [7, 11) is 0. The van der Waals surface area contributed by atoms with Gasteiger partial charge in [-0.2, -0.15) is 0 Å². The van der Waals surface area contributed by atoms with Gasteiger partial charge in [0.15, 0.2) is 6.10 Å². The molecule has 0 saturated carbocycles. The van der Waals surface area contributed by atoms with E-state index < -0.39 is 12.1 Å². The van der Waals surface area contributed by atoms with Gasteiger partial charge in [-0.15, -0.1) is 0 Å². The highest BCUT2D eigenvalue weighted by Crippen LogP contribution is 2.14. The zero-order valence-electron chi connectivity index (χ0n) is 36.8. The lowest BCUT2D eigenvalue weighted by atomic mass is 10.0. The van der Waals surface area contributed by atoms with Crippen molar-refractivity contribution in [1.29, 1.82) is 0 Å². The molecule has 6 heteroatoms. The number of carbonyl (C=O) groups excluding carboxylic acids is 3. The van der Waals surface area contributed by atoms with Crippen LogP contribution in [0.3, 0.4) is 0 Å². The highest BCUT2D eigenvalue weighted by Gasteiger charge is 2.19. The van der Waals surface area contributed by atoms with Crippen LogP contribution in [-0.4, -0.2) is 37.2 Å². The third-order valence-electron chi connectivity index (χ3n) is 9.54. The van der Waals surface area contributed by atoms with E-state index in [4.69, 9.17) is 14.2 Å². The summed E-state index contributed by atoms with van der Waals surface area (Å²) in [6.07, 6.45) is 57.2. The Morgan fingerprint density at radius 2 is 0.719 bits per heavy atom. The Hall–Kier alpha value is -3.41. The van der Waals surface area contributed by atoms with Crippen molar-refractivity contribution < 1.29 is 28.6 Å². The summed E-state index contributed by atoms with van der Waals surface area (Å²) in [6.45, 7) is 6.34. The molecule has 0 saturated heterocycles. The SMILES string of the molecule is CC\C=C/C=C\C=C/C=C\C=C/CCCC(=O)OC(COC(=O)CCCCC/C=C\C=C/CCCC)COC(=O)CCCCCCCCCCCCCCCCC. The van der Waals surface area contributed by atoms with Crippen molar-refractivity contribution in [1.82, 2.24) is 0 Å². The molecule has 0 bridgehead atoms. The molecule has 0 radical (unpaired) electrons. The van der Waals surface area contributed by atoms with Crippen LogP contribution in [0.4, 0.5) is 0 Å². The van der Waals surface area contributed by atoms with Gasteiger partial charge >= 0.3 is 17.9 Å². The van der Waals surface area contributed by atoms with E-state index in [9.17, 15) is 14.4 Å². The highest BCUT2D eigenvalue weighted by molar-refractivity contribution is 5.71. The number of rotatable bonds is 40. The first-order valence-corrected chi connectivity index (χ1v) is 23.2. The molecule has 324 valence electrons. The quantitative estimate of drug-likeness (QED) is 0.0266. The Kier molecular flexibility index (Phi) is 42.6. The van der Waals surface area contributed by atoms with Gasteiger partial charge < -0.3 is 14.2 Å². The Bertz CT molecular complexity index is 1140. The Morgan fingerprint density at radius 3 is 1.19 bits per heavy atom. The maximum absolute atomic E-state index is 12.7. The van der Waals surface area contributed by atoms with Crippen LogP contribution in [0.5, 0.6) is 0 Å². The number of esters is 3. The molecule has 0 N–H and O–H groups in total. The Morgan fingerprint density at radius 1 is 0.368 bits per heavy atom. The highest BCUT2D eigenvalue weighted by atomic mass is 16.6. The number of ether oxygens (including phenoxy) is 3. The van der Waals surface area contributed by atoms with Gasteiger partial charge in [0.05, 0.1) is 0 Å². The van der Waals surface area contributed by atoms with Crippen molar-refractivity contribution in [3.8, 4) is 0 Å². The fraction of sp³-hybridized carbons (Fsp3) is 0.667. The van der Waals surface area contributed by atoms with Crippen LogP contribution in [0.1, 0.15) is 201 Å². The van der Waals surface area contributed by atoms with Gasteiger partial charge in [0.2, 0.25) is 0 Å². The first-order valence-electron chi connectivity index (χ1n) is 23.2. The first kappa shape index (κ1) is 53.6. The third-order valence-corrected chi connectivity index (χ3v) is 9.54. The van der Waals surface area contributed by atoms with Crippen LogP contribution in [0.2, 0.25) is 0 Å². The molecule has 57 heavy (non-hydrogen) atoms. The molecule has 1 unspecified atom stereocenters. The van der Waals surface area contributed by atoms with Crippen LogP contribution in [0.15, 0.2) is 85.1 Å². The molecule has 0 spiro atoms. The van der Waals surface area contributed by atoms with Gasteiger partial charge in [-0.25, -0.2) is 0 Å². The first-order chi connectivity index (χ1) is 28.0. The average molecular weight is 793 g/mol. The number of carbonyl (C=O) groups is 3. The molecule has 0 aromatic heterocycles. The van der Waals surface area contributed by atoms with Crippen LogP contribution in [-0.2, 0) is 28.6 Å². The van der Waals surface area contributed by atoms with Crippen molar-refractivity contribution in [3.05, 3.63) is 85.1 Å². The van der Waals surface area contributed by atoms with Crippen LogP contribution >= 0.6 is 0 Å². The summed E-state index contributed by atoms with van der Waals surface area (Å²) in [6, 6.07) is 0. The average Bonchev–Trinajstić information content (AvgIpc) is 3.21. The van der Waals surface area contributed by atoms with Crippen molar-refractivity contribution in [2.45, 2.75) is 207 Å². The van der Waals surface area contributed by atoms with Gasteiger partial charge in [-0.1, -0.05) is 215 Å². The molecule has 0 aliphatic heterocycles. The van der Waals surface area contributed by atoms with E-state index in [-0.39, 0.29) is 31.6 Å². The zero-order valence-corrected chi connectivity index (χ0v) is 36.8. The molecule has 0 aliphatic rings. The number of hydrogen-bond donors (Lipinski definition) is 0. The molecule has 0 heterocycles. The standard InChI is InChI=1S/C51H84O6/c1-4-7-10-13-16-19-22-24-25-27-29-32-35-38-41-44-50(53)56-47-48(46-55-49(52)43-40-37-34-31-28-21-18-15-12-9-6-3)57-51(54)45-42-39-36-33-30-26-23-20-17-14-11-8-5-2/h8,11,14-15,17-18,20-21,23,26,28,30,33,36,48H,4-7,9-10,12-13,16,19,22,24-25,27,29,31-32,34-35,37-47H2,1-3H3/b11-8-,17-14-,18-15-,23-20-,28-21-,30-26-,36-33-. The van der Waals surface area contributed by atoms with Crippen molar-refractivity contribution >= 4 is 17.9 Å². The molecule has 0 amide bonds. The molecular formula is C51H84O6. The van der Waals surface area contributed by atoms with Crippen LogP contribution in [0.25, 0.3) is 0 Å². The molecule has 0 aliphatic carbocycles. The minimum absolute atomic E-state index is 0.113. The lowest BCUT2D eigenvalue weighted by Gasteiger charge is -2.18. The van der Waals surface area contributed by atoms with Crippen molar-refractivity contribution in [2.75, 3.05) is 13.2 Å². The monoisotopic (exact) mass is 793 g/mol. The Labute approximate surface area is 350 Å². The fourth-order valence-corrected chi connectivity index (χ4v) is 6.04. The van der Waals surface area contributed by atoms with Crippen LogP contribution in [0, 0.1) is 0 Å². The summed E-state index contributed by atoms with van der Waals surface area (Å²) in [4.78, 5) is 37.7. The second kappa shape index (κ2) is 45.3. The van der Waals surface area contributed by atoms with Gasteiger partial charge in [0, 0.05) is 19.3 Å². The van der Waals surface area contributed by atoms with Gasteiger partial charge in [0.1, 0.15) is 13.2 Å². The normalized spacial score (nSPS) is 12.8. The maximum atomic E-state index is 12.7. The smallest absolute Gasteiger partial charge is 0.306 e. The lowest BCUT2D eigenvalue weighted by Crippen LogP contribution is -2.30. The minimum atomic E-state index is -0.821. The molecule has 0 aromatic rings. The van der Waals surface area contributed by atoms with Gasteiger partial charge in [-0.3, -0.25) is 14.4 Å². The van der Waals surface area contributed by atoms with E-state index in [1.807, 2.05) is 54.7 Å². The summed E-state index contributed by atoms with van der Waals surface area (Å²) in [5, 5.41) is 0. The second-order valence-corrected chi connectivity index (χ2v) is 15.1. The van der Waals surface area contributed by atoms with Crippen molar-refractivity contribution in [2.24, 2.45) is 0 Å². The molecule has 6 nitrogen and oxygen atoms in total.